The summed E-state index contributed by atoms with van der Waals surface area (Å²) < 4.78 is 8.78. The number of carbonyl (C=O) groups is 1. The molecule has 0 spiro atoms. The van der Waals surface area contributed by atoms with E-state index in [0.29, 0.717) is 12.0 Å². The number of fused-ring (bicyclic) bond motifs is 2. The molecule has 216 valence electrons. The Hall–Kier alpha value is -2.65. The molecular formula is C31H43BrN6O2. The number of carbonyl (C=O) groups excluding carboxylic acids is 1. The molecule has 3 heterocycles. The number of amides is 1. The topological polar surface area (TPSA) is 84.3 Å². The number of para-hydroxylation sites is 2. The van der Waals surface area contributed by atoms with E-state index in [4.69, 9.17) is 14.7 Å². The molecule has 2 aliphatic rings. The fourth-order valence-corrected chi connectivity index (χ4v) is 6.24. The molecule has 8 nitrogen and oxygen atoms in total. The van der Waals surface area contributed by atoms with Crippen molar-refractivity contribution in [3.05, 3.63) is 52.3 Å². The Morgan fingerprint density at radius 2 is 1.85 bits per heavy atom. The van der Waals surface area contributed by atoms with Gasteiger partial charge in [0.05, 0.1) is 22.8 Å². The van der Waals surface area contributed by atoms with Gasteiger partial charge in [0.2, 0.25) is 5.95 Å². The number of rotatable bonds is 7. The minimum atomic E-state index is -0.502. The summed E-state index contributed by atoms with van der Waals surface area (Å²) in [4.78, 5) is 24.9. The van der Waals surface area contributed by atoms with Gasteiger partial charge in [-0.3, -0.25) is 0 Å². The van der Waals surface area contributed by atoms with Crippen molar-refractivity contribution in [2.75, 3.05) is 25.0 Å². The number of aromatic nitrogens is 3. The first-order valence-electron chi connectivity index (χ1n) is 14.7. The first-order valence-corrected chi connectivity index (χ1v) is 15.5. The molecule has 40 heavy (non-hydrogen) atoms. The first-order chi connectivity index (χ1) is 19.1. The summed E-state index contributed by atoms with van der Waals surface area (Å²) in [5.74, 6) is 1.25. The van der Waals surface area contributed by atoms with E-state index >= 15 is 0 Å². The Morgan fingerprint density at radius 3 is 2.58 bits per heavy atom. The van der Waals surface area contributed by atoms with Gasteiger partial charge >= 0.3 is 6.09 Å². The van der Waals surface area contributed by atoms with Crippen LogP contribution in [0.25, 0.3) is 11.0 Å². The lowest BCUT2D eigenvalue weighted by atomic mass is 9.91. The molecule has 1 aliphatic carbocycles. The van der Waals surface area contributed by atoms with Crippen LogP contribution >= 0.6 is 15.9 Å². The van der Waals surface area contributed by atoms with Gasteiger partial charge in [-0.2, -0.15) is 0 Å². The molecule has 9 heteroatoms. The van der Waals surface area contributed by atoms with Gasteiger partial charge in [-0.05, 0) is 98.5 Å². The summed E-state index contributed by atoms with van der Waals surface area (Å²) in [6, 6.07) is 13.2. The predicted octanol–water partition coefficient (Wildman–Crippen LogP) is 6.55. The number of likely N-dealkylation sites (tertiary alicyclic amines) is 1. The highest BCUT2D eigenvalue weighted by molar-refractivity contribution is 9.10. The van der Waals surface area contributed by atoms with Crippen LogP contribution in [0.3, 0.4) is 0 Å². The fourth-order valence-electron chi connectivity index (χ4n) is 5.92. The Bertz CT molecular complexity index is 1330. The van der Waals surface area contributed by atoms with Gasteiger partial charge in [-0.1, -0.05) is 32.0 Å². The summed E-state index contributed by atoms with van der Waals surface area (Å²) in [5, 5.41) is 6.93. The van der Waals surface area contributed by atoms with Crippen molar-refractivity contribution in [3.63, 3.8) is 0 Å². The van der Waals surface area contributed by atoms with E-state index in [1.165, 1.54) is 5.56 Å². The Labute approximate surface area is 246 Å². The summed E-state index contributed by atoms with van der Waals surface area (Å²) in [7, 11) is 0. The average Bonchev–Trinajstić information content (AvgIpc) is 3.25. The smallest absolute Gasteiger partial charge is 0.407 e. The molecule has 0 radical (unpaired) electrons. The highest BCUT2D eigenvalue weighted by Gasteiger charge is 2.30. The Kier molecular flexibility index (Phi) is 8.71. The Morgan fingerprint density at radius 1 is 1.10 bits per heavy atom. The van der Waals surface area contributed by atoms with Crippen molar-refractivity contribution < 1.29 is 9.53 Å². The van der Waals surface area contributed by atoms with Gasteiger partial charge in [0.15, 0.2) is 0 Å². The molecule has 2 N–H and O–H groups in total. The molecule has 2 aromatic heterocycles. The van der Waals surface area contributed by atoms with E-state index in [1.807, 2.05) is 26.8 Å². The van der Waals surface area contributed by atoms with E-state index in [9.17, 15) is 4.79 Å². The van der Waals surface area contributed by atoms with Crippen LogP contribution in [0.5, 0.6) is 0 Å². The second kappa shape index (κ2) is 12.1. The number of ether oxygens (including phenoxy) is 1. The van der Waals surface area contributed by atoms with Crippen molar-refractivity contribution in [3.8, 4) is 0 Å². The number of anilines is 1. The largest absolute Gasteiger partial charge is 0.444 e. The number of hydrogen-bond acceptors (Lipinski definition) is 6. The van der Waals surface area contributed by atoms with Crippen molar-refractivity contribution >= 4 is 39.0 Å². The fraction of sp³-hybridized carbons (Fsp3) is 0.581. The van der Waals surface area contributed by atoms with Crippen LogP contribution < -0.4 is 10.6 Å². The zero-order valence-corrected chi connectivity index (χ0v) is 26.0. The van der Waals surface area contributed by atoms with Gasteiger partial charge in [0.1, 0.15) is 10.2 Å². The van der Waals surface area contributed by atoms with E-state index in [0.717, 1.165) is 79.0 Å². The molecule has 3 aromatic rings. The monoisotopic (exact) mass is 610 g/mol. The molecule has 1 amide bonds. The van der Waals surface area contributed by atoms with E-state index in [2.05, 4.69) is 80.2 Å². The number of imidazole rings is 1. The summed E-state index contributed by atoms with van der Waals surface area (Å²) in [6.07, 6.45) is 4.95. The molecule has 0 saturated carbocycles. The molecule has 5 rings (SSSR count). The zero-order chi connectivity index (χ0) is 28.4. The summed E-state index contributed by atoms with van der Waals surface area (Å²) in [6.45, 7) is 12.7. The molecule has 1 aliphatic heterocycles. The van der Waals surface area contributed by atoms with Crippen molar-refractivity contribution in [1.82, 2.24) is 24.8 Å². The highest BCUT2D eigenvalue weighted by Crippen LogP contribution is 2.37. The van der Waals surface area contributed by atoms with Crippen LogP contribution in [0.15, 0.2) is 41.0 Å². The van der Waals surface area contributed by atoms with Crippen LogP contribution in [0, 0.1) is 5.92 Å². The van der Waals surface area contributed by atoms with Crippen molar-refractivity contribution in [2.24, 2.45) is 5.92 Å². The minimum absolute atomic E-state index is 0.0433. The third-order valence-electron chi connectivity index (χ3n) is 8.01. The molecule has 2 atom stereocenters. The number of benzene rings is 1. The van der Waals surface area contributed by atoms with Crippen LogP contribution in [-0.2, 0) is 11.2 Å². The minimum Gasteiger partial charge on any atom is -0.444 e. The lowest BCUT2D eigenvalue weighted by Gasteiger charge is -2.36. The average molecular weight is 612 g/mol. The standard InChI is InChI=1S/C31H43BrN6O2/c1-20(2)24(35-30(39)40-31(3,4)5)19-37-17-15-22(16-18-37)33-29-34-23-10-6-7-11-25(23)38(29)26-12-8-9-21-13-14-27(32)36-28(21)26/h6-7,10-11,13-14,20,22,24,26H,8-9,12,15-19H2,1-5H3,(H,33,34)(H,35,39). The number of hydrogen-bond donors (Lipinski definition) is 2. The number of nitrogens with one attached hydrogen (secondary N) is 2. The van der Waals surface area contributed by atoms with Crippen molar-refractivity contribution in [1.29, 1.82) is 0 Å². The SMILES string of the molecule is CC(C)C(CN1CCC(Nc2nc3ccccc3n2C2CCCc3ccc(Br)nc32)CC1)NC(=O)OC(C)(C)C. The second-order valence-electron chi connectivity index (χ2n) is 12.6. The van der Waals surface area contributed by atoms with E-state index in [1.54, 1.807) is 0 Å². The zero-order valence-electron chi connectivity index (χ0n) is 24.4. The van der Waals surface area contributed by atoms with Crippen LogP contribution in [0.1, 0.15) is 77.6 Å². The lowest BCUT2D eigenvalue weighted by molar-refractivity contribution is 0.0468. The van der Waals surface area contributed by atoms with Crippen LogP contribution in [0.2, 0.25) is 0 Å². The quantitative estimate of drug-likeness (QED) is 0.295. The van der Waals surface area contributed by atoms with Gasteiger partial charge < -0.3 is 24.8 Å². The molecule has 1 saturated heterocycles. The molecule has 2 unspecified atom stereocenters. The van der Waals surface area contributed by atoms with Gasteiger partial charge in [-0.25, -0.2) is 14.8 Å². The normalized spacial score (nSPS) is 19.4. The van der Waals surface area contributed by atoms with E-state index < -0.39 is 5.60 Å². The molecule has 0 bridgehead atoms. The number of nitrogens with zero attached hydrogens (tertiary/aromatic N) is 4. The Balaban J connectivity index is 1.28. The van der Waals surface area contributed by atoms with Crippen molar-refractivity contribution in [2.45, 2.75) is 90.4 Å². The van der Waals surface area contributed by atoms with Crippen LogP contribution in [0.4, 0.5) is 10.7 Å². The molecule has 1 aromatic carbocycles. The third kappa shape index (κ3) is 6.79. The second-order valence-corrected chi connectivity index (χ2v) is 13.4. The number of halogens is 1. The van der Waals surface area contributed by atoms with Crippen LogP contribution in [-0.4, -0.2) is 62.8 Å². The summed E-state index contributed by atoms with van der Waals surface area (Å²) >= 11 is 3.60. The first kappa shape index (κ1) is 28.9. The maximum atomic E-state index is 12.4. The summed E-state index contributed by atoms with van der Waals surface area (Å²) in [5.41, 5.74) is 4.14. The van der Waals surface area contributed by atoms with E-state index in [-0.39, 0.29) is 18.2 Å². The third-order valence-corrected chi connectivity index (χ3v) is 8.45. The lowest BCUT2D eigenvalue weighted by Crippen LogP contribution is -2.50. The maximum Gasteiger partial charge on any atom is 0.407 e. The highest BCUT2D eigenvalue weighted by atomic mass is 79.9. The number of pyridine rings is 1. The van der Waals surface area contributed by atoms with Gasteiger partial charge in [-0.15, -0.1) is 0 Å². The number of piperidine rings is 1. The van der Waals surface area contributed by atoms with Gasteiger partial charge in [0, 0.05) is 31.7 Å². The van der Waals surface area contributed by atoms with Gasteiger partial charge in [0.25, 0.3) is 0 Å². The number of alkyl carbamates (subject to hydrolysis) is 1. The predicted molar refractivity (Wildman–Crippen MR) is 164 cm³/mol. The maximum absolute atomic E-state index is 12.4. The molecule has 1 fully saturated rings. The molecular weight excluding hydrogens is 568 g/mol. The number of aryl methyl sites for hydroxylation is 1.